The van der Waals surface area contributed by atoms with Gasteiger partial charge in [-0.05, 0) is 0 Å². The van der Waals surface area contributed by atoms with Crippen LogP contribution in [0.25, 0.3) is 0 Å². The van der Waals surface area contributed by atoms with Gasteiger partial charge in [-0.3, -0.25) is 9.59 Å². The summed E-state index contributed by atoms with van der Waals surface area (Å²) in [6.07, 6.45) is -0.532. The second-order valence-corrected chi connectivity index (χ2v) is 1.54. The topological polar surface area (TPSA) is 101 Å². The van der Waals surface area contributed by atoms with E-state index in [1.165, 1.54) is 0 Å². The van der Waals surface area contributed by atoms with Crippen molar-refractivity contribution < 1.29 is 39.3 Å². The summed E-state index contributed by atoms with van der Waals surface area (Å²) in [5.74, 6) is -2.50. The van der Waals surface area contributed by atoms with Gasteiger partial charge < -0.3 is 15.9 Å². The van der Waals surface area contributed by atoms with Crippen LogP contribution in [0.1, 0.15) is 6.42 Å². The molecule has 1 unspecified atom stereocenters. The molecule has 0 radical (unpaired) electrons. The van der Waals surface area contributed by atoms with E-state index in [9.17, 15) is 9.59 Å². The van der Waals surface area contributed by atoms with Crippen LogP contribution in [0.15, 0.2) is 0 Å². The second kappa shape index (κ2) is 8.39. The van der Waals surface area contributed by atoms with Crippen molar-refractivity contribution in [3.8, 4) is 0 Å². The summed E-state index contributed by atoms with van der Waals surface area (Å²) in [6.45, 7) is 0. The molecule has 0 bridgehead atoms. The molecule has 0 fully saturated rings. The van der Waals surface area contributed by atoms with Gasteiger partial charge in [-0.15, -0.1) is 0 Å². The van der Waals surface area contributed by atoms with Crippen molar-refractivity contribution >= 4 is 35.0 Å². The molecule has 0 aromatic heterocycles. The summed E-state index contributed by atoms with van der Waals surface area (Å²) in [5.41, 5.74) is 4.84. The minimum atomic E-state index is -1.29. The third-order valence-electron chi connectivity index (χ3n) is 0.712. The van der Waals surface area contributed by atoms with E-state index < -0.39 is 24.4 Å². The summed E-state index contributed by atoms with van der Waals surface area (Å²) >= 11 is 0. The molecule has 5 nitrogen and oxygen atoms in total. The first-order valence-electron chi connectivity index (χ1n) is 2.24. The van der Waals surface area contributed by atoms with Gasteiger partial charge in [0, 0.05) is 19.5 Å². The number of carbonyl (C=O) groups is 2. The Kier molecular flexibility index (Phi) is 13.3. The standard InChI is InChI=1S/C4H7NO4.Mg.Zn.2H/c5-2(4(8)9)1-3(6)7;;;;/h2H,1,5H2,(H,6,7)(H,8,9);;;;. The Bertz CT molecular complexity index is 142. The van der Waals surface area contributed by atoms with Gasteiger partial charge in [0.25, 0.3) is 0 Å². The molecule has 0 aromatic rings. The van der Waals surface area contributed by atoms with Crippen molar-refractivity contribution in [2.45, 2.75) is 12.5 Å². The fourth-order valence-electron chi connectivity index (χ4n) is 0.275. The Hall–Kier alpha value is 0.290. The largest absolute Gasteiger partial charge is 0.481 e. The van der Waals surface area contributed by atoms with E-state index in [-0.39, 0.29) is 42.5 Å². The molecule has 0 saturated heterocycles. The maximum atomic E-state index is 9.85. The third kappa shape index (κ3) is 10.3. The maximum Gasteiger partial charge on any atom is 0.321 e. The van der Waals surface area contributed by atoms with Crippen molar-refractivity contribution in [3.63, 3.8) is 0 Å². The van der Waals surface area contributed by atoms with Crippen molar-refractivity contribution in [2.24, 2.45) is 5.73 Å². The molecule has 0 heterocycles. The number of nitrogens with two attached hydrogens (primary N) is 1. The van der Waals surface area contributed by atoms with Crippen LogP contribution in [0.2, 0.25) is 0 Å². The van der Waals surface area contributed by atoms with Gasteiger partial charge in [-0.2, -0.15) is 0 Å². The van der Waals surface area contributed by atoms with Crippen molar-refractivity contribution in [1.29, 1.82) is 0 Å². The monoisotopic (exact) mass is 223 g/mol. The Labute approximate surface area is 92.2 Å². The molecule has 11 heavy (non-hydrogen) atoms. The van der Waals surface area contributed by atoms with E-state index in [2.05, 4.69) is 0 Å². The summed E-state index contributed by atoms with van der Waals surface area (Å²) in [4.78, 5) is 19.6. The average Bonchev–Trinajstić information content (AvgIpc) is 1.63. The Morgan fingerprint density at radius 1 is 1.36 bits per heavy atom. The zero-order chi connectivity index (χ0) is 7.44. The van der Waals surface area contributed by atoms with Crippen molar-refractivity contribution in [2.75, 3.05) is 0 Å². The van der Waals surface area contributed by atoms with Gasteiger partial charge in [0.2, 0.25) is 0 Å². The number of aliphatic carboxylic acids is 2. The van der Waals surface area contributed by atoms with Crippen molar-refractivity contribution in [1.82, 2.24) is 0 Å². The Balaban J connectivity index is -0.000000320. The van der Waals surface area contributed by atoms with Crippen LogP contribution in [-0.4, -0.2) is 51.2 Å². The first-order chi connectivity index (χ1) is 4.04. The average molecular weight is 225 g/mol. The van der Waals surface area contributed by atoms with Gasteiger partial charge in [-0.1, -0.05) is 0 Å². The van der Waals surface area contributed by atoms with E-state index in [4.69, 9.17) is 15.9 Å². The molecule has 0 saturated carbocycles. The van der Waals surface area contributed by atoms with E-state index in [0.717, 1.165) is 0 Å². The number of hydrogen-bond donors (Lipinski definition) is 3. The molecule has 0 aliphatic rings. The fraction of sp³-hybridized carbons (Fsp3) is 0.500. The zero-order valence-electron chi connectivity index (χ0n) is 5.28. The van der Waals surface area contributed by atoms with E-state index in [1.807, 2.05) is 0 Å². The molecular weight excluding hydrogens is 216 g/mol. The minimum Gasteiger partial charge on any atom is -0.481 e. The van der Waals surface area contributed by atoms with Gasteiger partial charge in [0.05, 0.1) is 6.42 Å². The summed E-state index contributed by atoms with van der Waals surface area (Å²) in [5, 5.41) is 16.0. The van der Waals surface area contributed by atoms with Crippen LogP contribution in [-0.2, 0) is 29.1 Å². The van der Waals surface area contributed by atoms with Crippen LogP contribution < -0.4 is 5.73 Å². The Morgan fingerprint density at radius 3 is 1.82 bits per heavy atom. The van der Waals surface area contributed by atoms with Crippen LogP contribution in [0.3, 0.4) is 0 Å². The van der Waals surface area contributed by atoms with E-state index in [0.29, 0.717) is 0 Å². The van der Waals surface area contributed by atoms with Crippen molar-refractivity contribution in [3.05, 3.63) is 0 Å². The number of hydrogen-bond acceptors (Lipinski definition) is 3. The van der Waals surface area contributed by atoms with Gasteiger partial charge in [0.15, 0.2) is 0 Å². The molecule has 1 atom stereocenters. The van der Waals surface area contributed by atoms with Gasteiger partial charge in [-0.25, -0.2) is 0 Å². The molecule has 0 rings (SSSR count). The van der Waals surface area contributed by atoms with Crippen LogP contribution >= 0.6 is 0 Å². The van der Waals surface area contributed by atoms with Crippen LogP contribution in [0.4, 0.5) is 0 Å². The molecule has 58 valence electrons. The third-order valence-corrected chi connectivity index (χ3v) is 0.712. The zero-order valence-corrected chi connectivity index (χ0v) is 8.25. The summed E-state index contributed by atoms with van der Waals surface area (Å²) < 4.78 is 0. The molecule has 0 spiro atoms. The predicted molar refractivity (Wildman–Crippen MR) is 36.4 cm³/mol. The molecule has 0 aliphatic heterocycles. The van der Waals surface area contributed by atoms with Crippen LogP contribution in [0, 0.1) is 0 Å². The van der Waals surface area contributed by atoms with E-state index in [1.54, 1.807) is 0 Å². The quantitative estimate of drug-likeness (QED) is 0.480. The van der Waals surface area contributed by atoms with Crippen LogP contribution in [0.5, 0.6) is 0 Å². The maximum absolute atomic E-state index is 9.85. The number of carboxylic acids is 2. The van der Waals surface area contributed by atoms with E-state index >= 15 is 0 Å². The Morgan fingerprint density at radius 2 is 1.73 bits per heavy atom. The molecule has 0 aliphatic carbocycles. The predicted octanol–water partition coefficient (Wildman–Crippen LogP) is -2.05. The summed E-state index contributed by atoms with van der Waals surface area (Å²) in [7, 11) is 0. The minimum absolute atomic E-state index is 0. The molecule has 7 heteroatoms. The van der Waals surface area contributed by atoms with Gasteiger partial charge in [0.1, 0.15) is 6.04 Å². The fourth-order valence-corrected chi connectivity index (χ4v) is 0.275. The number of carboxylic acid groups (broad SMARTS) is 2. The smallest absolute Gasteiger partial charge is 0.321 e. The second-order valence-electron chi connectivity index (χ2n) is 1.54. The molecule has 0 aromatic carbocycles. The molecular formula is C4H9MgNO4Zn. The SMILES string of the molecule is NC(CC(=O)O)C(=O)O.[MgH2].[Zn]. The normalized spacial score (nSPS) is 10.3. The van der Waals surface area contributed by atoms with Gasteiger partial charge >= 0.3 is 35.0 Å². The first-order valence-corrected chi connectivity index (χ1v) is 2.24. The molecule has 4 N–H and O–H groups in total. The first kappa shape index (κ1) is 17.4. The summed E-state index contributed by atoms with van der Waals surface area (Å²) in [6, 6.07) is -1.29. The molecule has 0 amide bonds. The number of rotatable bonds is 3.